The van der Waals surface area contributed by atoms with Crippen LogP contribution < -0.4 is 5.32 Å². The van der Waals surface area contributed by atoms with Gasteiger partial charge in [-0.1, -0.05) is 49.4 Å². The van der Waals surface area contributed by atoms with E-state index in [0.717, 1.165) is 19.6 Å². The van der Waals surface area contributed by atoms with Crippen LogP contribution in [0.4, 0.5) is 0 Å². The second-order valence-corrected chi connectivity index (χ2v) is 6.26. The summed E-state index contributed by atoms with van der Waals surface area (Å²) in [6.07, 6.45) is 2.44. The molecule has 0 aromatic heterocycles. The van der Waals surface area contributed by atoms with Gasteiger partial charge in [0.15, 0.2) is 0 Å². The Bertz CT molecular complexity index is 588. The highest BCUT2D eigenvalue weighted by Crippen LogP contribution is 2.22. The summed E-state index contributed by atoms with van der Waals surface area (Å²) in [5.41, 5.74) is 1.46. The molecular formula is C19H26N2. The molecule has 0 aliphatic carbocycles. The fourth-order valence-corrected chi connectivity index (χ4v) is 3.35. The number of fused-ring (bicyclic) bond motifs is 1. The van der Waals surface area contributed by atoms with Gasteiger partial charge >= 0.3 is 0 Å². The zero-order valence-corrected chi connectivity index (χ0v) is 13.2. The van der Waals surface area contributed by atoms with Gasteiger partial charge in [-0.3, -0.25) is 4.90 Å². The second-order valence-electron chi connectivity index (χ2n) is 6.26. The molecular weight excluding hydrogens is 256 g/mol. The van der Waals surface area contributed by atoms with Crippen LogP contribution in [0.25, 0.3) is 10.8 Å². The first kappa shape index (κ1) is 14.6. The van der Waals surface area contributed by atoms with Crippen LogP contribution in [0.3, 0.4) is 0 Å². The number of rotatable bonds is 3. The van der Waals surface area contributed by atoms with E-state index in [9.17, 15) is 0 Å². The van der Waals surface area contributed by atoms with Crippen molar-refractivity contribution in [1.29, 1.82) is 0 Å². The highest BCUT2D eigenvalue weighted by atomic mass is 15.2. The van der Waals surface area contributed by atoms with Gasteiger partial charge in [0, 0.05) is 25.2 Å². The first-order valence-corrected chi connectivity index (χ1v) is 8.22. The summed E-state index contributed by atoms with van der Waals surface area (Å²) in [4.78, 5) is 2.65. The van der Waals surface area contributed by atoms with Crippen molar-refractivity contribution in [2.75, 3.05) is 13.1 Å². The van der Waals surface area contributed by atoms with E-state index in [0.29, 0.717) is 12.1 Å². The fourth-order valence-electron chi connectivity index (χ4n) is 3.35. The van der Waals surface area contributed by atoms with Crippen molar-refractivity contribution in [1.82, 2.24) is 10.2 Å². The molecule has 0 spiro atoms. The van der Waals surface area contributed by atoms with Crippen LogP contribution in [-0.2, 0) is 6.54 Å². The van der Waals surface area contributed by atoms with Gasteiger partial charge in [0.1, 0.15) is 0 Å². The molecule has 1 saturated heterocycles. The fraction of sp³-hybridized carbons (Fsp3) is 0.474. The predicted molar refractivity (Wildman–Crippen MR) is 90.5 cm³/mol. The van der Waals surface area contributed by atoms with Gasteiger partial charge in [0.25, 0.3) is 0 Å². The third-order valence-corrected chi connectivity index (χ3v) is 4.82. The van der Waals surface area contributed by atoms with Gasteiger partial charge in [0.05, 0.1) is 0 Å². The van der Waals surface area contributed by atoms with Gasteiger partial charge < -0.3 is 5.32 Å². The molecule has 1 aliphatic heterocycles. The molecule has 1 fully saturated rings. The Morgan fingerprint density at radius 1 is 1.14 bits per heavy atom. The molecule has 21 heavy (non-hydrogen) atoms. The summed E-state index contributed by atoms with van der Waals surface area (Å²) >= 11 is 0. The predicted octanol–water partition coefficient (Wildman–Crippen LogP) is 3.80. The zero-order chi connectivity index (χ0) is 14.7. The molecule has 0 amide bonds. The Hall–Kier alpha value is -1.38. The Kier molecular flexibility index (Phi) is 4.57. The largest absolute Gasteiger partial charge is 0.313 e. The summed E-state index contributed by atoms with van der Waals surface area (Å²) in [6, 6.07) is 16.7. The Morgan fingerprint density at radius 2 is 1.95 bits per heavy atom. The summed E-state index contributed by atoms with van der Waals surface area (Å²) in [5.74, 6) is 0. The van der Waals surface area contributed by atoms with Crippen molar-refractivity contribution in [2.24, 2.45) is 0 Å². The second kappa shape index (κ2) is 6.59. The van der Waals surface area contributed by atoms with E-state index >= 15 is 0 Å². The molecule has 2 nitrogen and oxygen atoms in total. The van der Waals surface area contributed by atoms with Crippen molar-refractivity contribution < 1.29 is 0 Å². The molecule has 2 unspecified atom stereocenters. The monoisotopic (exact) mass is 282 g/mol. The number of nitrogens with zero attached hydrogens (tertiary/aromatic N) is 1. The maximum absolute atomic E-state index is 3.67. The van der Waals surface area contributed by atoms with Crippen LogP contribution in [0.15, 0.2) is 42.5 Å². The minimum atomic E-state index is 0.630. The molecule has 0 radical (unpaired) electrons. The van der Waals surface area contributed by atoms with Crippen molar-refractivity contribution in [3.63, 3.8) is 0 Å². The van der Waals surface area contributed by atoms with Crippen LogP contribution in [-0.4, -0.2) is 30.1 Å². The smallest absolute Gasteiger partial charge is 0.0243 e. The number of benzene rings is 2. The van der Waals surface area contributed by atoms with E-state index in [1.54, 1.807) is 0 Å². The van der Waals surface area contributed by atoms with Gasteiger partial charge in [0.2, 0.25) is 0 Å². The van der Waals surface area contributed by atoms with Crippen LogP contribution in [0, 0.1) is 0 Å². The van der Waals surface area contributed by atoms with Gasteiger partial charge in [-0.05, 0) is 42.6 Å². The summed E-state index contributed by atoms with van der Waals surface area (Å²) in [7, 11) is 0. The molecule has 1 heterocycles. The first-order valence-electron chi connectivity index (χ1n) is 8.22. The molecule has 2 aromatic carbocycles. The lowest BCUT2D eigenvalue weighted by atomic mass is 10.0. The van der Waals surface area contributed by atoms with E-state index in [1.807, 2.05) is 0 Å². The lowest BCUT2D eigenvalue weighted by Gasteiger charge is -2.29. The van der Waals surface area contributed by atoms with E-state index in [-0.39, 0.29) is 0 Å². The van der Waals surface area contributed by atoms with E-state index in [2.05, 4.69) is 66.5 Å². The van der Waals surface area contributed by atoms with Crippen molar-refractivity contribution >= 4 is 10.8 Å². The molecule has 0 saturated carbocycles. The molecule has 0 bridgehead atoms. The molecule has 1 aliphatic rings. The third kappa shape index (κ3) is 3.28. The number of hydrogen-bond acceptors (Lipinski definition) is 2. The maximum Gasteiger partial charge on any atom is 0.0243 e. The van der Waals surface area contributed by atoms with Gasteiger partial charge in [-0.2, -0.15) is 0 Å². The highest BCUT2D eigenvalue weighted by Gasteiger charge is 2.22. The normalized spacial score (nSPS) is 24.1. The standard InChI is InChI=1S/C19H26N2/c1-3-18-14-21(15(2)11-12-20-18)13-17-9-6-8-16-7-4-5-10-19(16)17/h4-10,15,18,20H,3,11-14H2,1-2H3. The lowest BCUT2D eigenvalue weighted by molar-refractivity contribution is 0.195. The molecule has 1 N–H and O–H groups in total. The maximum atomic E-state index is 3.67. The van der Waals surface area contributed by atoms with Gasteiger partial charge in [-0.25, -0.2) is 0 Å². The van der Waals surface area contributed by atoms with Crippen LogP contribution >= 0.6 is 0 Å². The lowest BCUT2D eigenvalue weighted by Crippen LogP contribution is -2.39. The molecule has 3 rings (SSSR count). The summed E-state index contributed by atoms with van der Waals surface area (Å²) < 4.78 is 0. The average Bonchev–Trinajstić information content (AvgIpc) is 2.70. The Balaban J connectivity index is 1.86. The quantitative estimate of drug-likeness (QED) is 0.921. The average molecular weight is 282 g/mol. The van der Waals surface area contributed by atoms with E-state index < -0.39 is 0 Å². The van der Waals surface area contributed by atoms with E-state index in [1.165, 1.54) is 29.2 Å². The molecule has 2 heteroatoms. The van der Waals surface area contributed by atoms with Crippen molar-refractivity contribution in [3.05, 3.63) is 48.0 Å². The SMILES string of the molecule is CCC1CN(Cc2cccc3ccccc23)C(C)CCN1. The zero-order valence-electron chi connectivity index (χ0n) is 13.2. The van der Waals surface area contributed by atoms with Crippen molar-refractivity contribution in [3.8, 4) is 0 Å². The van der Waals surface area contributed by atoms with Gasteiger partial charge in [-0.15, -0.1) is 0 Å². The first-order chi connectivity index (χ1) is 10.3. The van der Waals surface area contributed by atoms with Crippen molar-refractivity contribution in [2.45, 2.75) is 45.3 Å². The van der Waals surface area contributed by atoms with E-state index in [4.69, 9.17) is 0 Å². The minimum Gasteiger partial charge on any atom is -0.313 e. The third-order valence-electron chi connectivity index (χ3n) is 4.82. The topological polar surface area (TPSA) is 15.3 Å². The number of nitrogens with one attached hydrogen (secondary N) is 1. The molecule has 2 atom stereocenters. The summed E-state index contributed by atoms with van der Waals surface area (Å²) in [5, 5.41) is 6.42. The minimum absolute atomic E-state index is 0.630. The highest BCUT2D eigenvalue weighted by molar-refractivity contribution is 5.85. The van der Waals surface area contributed by atoms with Crippen LogP contribution in [0.5, 0.6) is 0 Å². The Labute approximate surface area is 128 Å². The van der Waals surface area contributed by atoms with Crippen LogP contribution in [0.2, 0.25) is 0 Å². The Morgan fingerprint density at radius 3 is 2.81 bits per heavy atom. The van der Waals surface area contributed by atoms with Crippen LogP contribution in [0.1, 0.15) is 32.3 Å². The molecule has 112 valence electrons. The molecule has 2 aromatic rings. The number of hydrogen-bond donors (Lipinski definition) is 1. The summed E-state index contributed by atoms with van der Waals surface area (Å²) in [6.45, 7) is 8.00.